The third kappa shape index (κ3) is 3.52. The Morgan fingerprint density at radius 1 is 1.16 bits per heavy atom. The molecule has 0 saturated carbocycles. The lowest BCUT2D eigenvalue weighted by atomic mass is 10.1. The van der Waals surface area contributed by atoms with E-state index in [4.69, 9.17) is 9.84 Å². The summed E-state index contributed by atoms with van der Waals surface area (Å²) >= 11 is 0. The fraction of sp³-hybridized carbons (Fsp3) is 0.118. The molecular formula is C17H14N2O6. The highest BCUT2D eigenvalue weighted by Gasteiger charge is 2.26. The van der Waals surface area contributed by atoms with Gasteiger partial charge in [-0.3, -0.25) is 14.4 Å². The lowest BCUT2D eigenvalue weighted by Crippen LogP contribution is -2.15. The highest BCUT2D eigenvalue weighted by atomic mass is 16.5. The number of nitrogens with one attached hydrogen (secondary N) is 2. The van der Waals surface area contributed by atoms with Crippen LogP contribution in [0.5, 0.6) is 17.2 Å². The van der Waals surface area contributed by atoms with Gasteiger partial charge in [-0.05, 0) is 36.4 Å². The van der Waals surface area contributed by atoms with Crippen LogP contribution >= 0.6 is 0 Å². The number of hydrogen-bond acceptors (Lipinski definition) is 5. The second-order valence-corrected chi connectivity index (χ2v) is 5.36. The van der Waals surface area contributed by atoms with Gasteiger partial charge < -0.3 is 25.6 Å². The summed E-state index contributed by atoms with van der Waals surface area (Å²) in [6.45, 7) is 0.265. The van der Waals surface area contributed by atoms with Gasteiger partial charge >= 0.3 is 5.97 Å². The molecule has 0 aliphatic carbocycles. The molecule has 1 aliphatic rings. The van der Waals surface area contributed by atoms with Crippen molar-refractivity contribution in [2.24, 2.45) is 0 Å². The molecule has 4 N–H and O–H groups in total. The number of anilines is 1. The van der Waals surface area contributed by atoms with Crippen molar-refractivity contribution in [3.63, 3.8) is 0 Å². The average molecular weight is 342 g/mol. The van der Waals surface area contributed by atoms with Crippen LogP contribution in [-0.2, 0) is 16.1 Å². The van der Waals surface area contributed by atoms with E-state index in [9.17, 15) is 19.5 Å². The standard InChI is InChI=1S/C17H14N2O6/c20-12-5-6-13(11-8-18-17(24)16(11)12)25-10-3-1-9(2-4-10)19-14(21)7-15(22)23/h1-6,20H,7-8H2,(H,18,24)(H,19,21)(H,22,23). The molecule has 1 heterocycles. The monoisotopic (exact) mass is 342 g/mol. The van der Waals surface area contributed by atoms with Crippen molar-refractivity contribution in [3.05, 3.63) is 47.5 Å². The molecule has 0 fully saturated rings. The number of carbonyl (C=O) groups is 3. The molecule has 0 atom stereocenters. The minimum absolute atomic E-state index is 0.103. The van der Waals surface area contributed by atoms with Crippen molar-refractivity contribution in [3.8, 4) is 17.2 Å². The quantitative estimate of drug-likeness (QED) is 0.615. The fourth-order valence-corrected chi connectivity index (χ4v) is 2.47. The first-order valence-corrected chi connectivity index (χ1v) is 7.36. The zero-order valence-electron chi connectivity index (χ0n) is 12.9. The van der Waals surface area contributed by atoms with Gasteiger partial charge in [-0.2, -0.15) is 0 Å². The average Bonchev–Trinajstić information content (AvgIpc) is 2.94. The highest BCUT2D eigenvalue weighted by molar-refractivity contribution is 6.02. The zero-order chi connectivity index (χ0) is 18.0. The molecule has 2 amide bonds. The summed E-state index contributed by atoms with van der Waals surface area (Å²) in [6, 6.07) is 9.29. The number of amides is 2. The molecule has 0 unspecified atom stereocenters. The van der Waals surface area contributed by atoms with Gasteiger partial charge in [0, 0.05) is 17.8 Å². The van der Waals surface area contributed by atoms with E-state index in [-0.39, 0.29) is 23.8 Å². The Balaban J connectivity index is 1.74. The van der Waals surface area contributed by atoms with Crippen molar-refractivity contribution >= 4 is 23.5 Å². The molecule has 128 valence electrons. The van der Waals surface area contributed by atoms with Crippen LogP contribution in [0.15, 0.2) is 36.4 Å². The normalized spacial score (nSPS) is 12.2. The number of phenols is 1. The van der Waals surface area contributed by atoms with E-state index in [1.165, 1.54) is 6.07 Å². The van der Waals surface area contributed by atoms with E-state index >= 15 is 0 Å². The third-order valence-electron chi connectivity index (χ3n) is 3.58. The summed E-state index contributed by atoms with van der Waals surface area (Å²) in [5.74, 6) is -1.38. The molecule has 0 bridgehead atoms. The van der Waals surface area contributed by atoms with Crippen molar-refractivity contribution in [2.45, 2.75) is 13.0 Å². The third-order valence-corrected chi connectivity index (χ3v) is 3.58. The number of carbonyl (C=O) groups excluding carboxylic acids is 2. The van der Waals surface area contributed by atoms with Crippen LogP contribution in [0.4, 0.5) is 5.69 Å². The van der Waals surface area contributed by atoms with Gasteiger partial charge in [-0.25, -0.2) is 0 Å². The van der Waals surface area contributed by atoms with Gasteiger partial charge in [0.25, 0.3) is 5.91 Å². The maximum atomic E-state index is 11.7. The van der Waals surface area contributed by atoms with E-state index < -0.39 is 18.3 Å². The first-order chi connectivity index (χ1) is 11.9. The molecule has 0 saturated heterocycles. The maximum absolute atomic E-state index is 11.7. The van der Waals surface area contributed by atoms with Crippen LogP contribution in [0.1, 0.15) is 22.3 Å². The summed E-state index contributed by atoms with van der Waals surface area (Å²) in [6.07, 6.45) is -0.612. The van der Waals surface area contributed by atoms with Crippen LogP contribution in [0.2, 0.25) is 0 Å². The molecule has 8 heteroatoms. The first kappa shape index (κ1) is 16.3. The largest absolute Gasteiger partial charge is 0.507 e. The lowest BCUT2D eigenvalue weighted by Gasteiger charge is -2.11. The summed E-state index contributed by atoms with van der Waals surface area (Å²) in [4.78, 5) is 33.6. The Morgan fingerprint density at radius 2 is 1.88 bits per heavy atom. The number of fused-ring (bicyclic) bond motifs is 1. The summed E-state index contributed by atoms with van der Waals surface area (Å²) in [7, 11) is 0. The number of benzene rings is 2. The van der Waals surface area contributed by atoms with Crippen LogP contribution in [0.25, 0.3) is 0 Å². The van der Waals surface area contributed by atoms with Gasteiger partial charge in [0.15, 0.2) is 0 Å². The van der Waals surface area contributed by atoms with E-state index in [0.717, 1.165) is 0 Å². The topological polar surface area (TPSA) is 125 Å². The molecule has 0 radical (unpaired) electrons. The fourth-order valence-electron chi connectivity index (χ4n) is 2.47. The van der Waals surface area contributed by atoms with Gasteiger partial charge in [0.2, 0.25) is 5.91 Å². The van der Waals surface area contributed by atoms with E-state index in [1.807, 2.05) is 0 Å². The highest BCUT2D eigenvalue weighted by Crippen LogP contribution is 2.35. The Hall–Kier alpha value is -3.55. The van der Waals surface area contributed by atoms with Crippen LogP contribution < -0.4 is 15.4 Å². The van der Waals surface area contributed by atoms with E-state index in [2.05, 4.69) is 10.6 Å². The molecule has 0 aromatic heterocycles. The van der Waals surface area contributed by atoms with Crippen molar-refractivity contribution < 1.29 is 29.3 Å². The zero-order valence-corrected chi connectivity index (χ0v) is 12.9. The number of carboxylic acids is 1. The molecule has 8 nitrogen and oxygen atoms in total. The summed E-state index contributed by atoms with van der Waals surface area (Å²) in [5, 5.41) is 23.4. The van der Waals surface area contributed by atoms with E-state index in [1.54, 1.807) is 30.3 Å². The molecule has 2 aromatic carbocycles. The number of ether oxygens (including phenoxy) is 1. The smallest absolute Gasteiger partial charge is 0.312 e. The Labute approximate surface area is 142 Å². The maximum Gasteiger partial charge on any atom is 0.312 e. The number of aliphatic carboxylic acids is 1. The Morgan fingerprint density at radius 3 is 2.56 bits per heavy atom. The summed E-state index contributed by atoms with van der Waals surface area (Å²) in [5.41, 5.74) is 1.21. The Kier molecular flexibility index (Phi) is 4.25. The number of phenolic OH excluding ortho intramolecular Hbond substituents is 1. The first-order valence-electron chi connectivity index (χ1n) is 7.36. The molecule has 3 rings (SSSR count). The lowest BCUT2D eigenvalue weighted by molar-refractivity contribution is -0.139. The van der Waals surface area contributed by atoms with Gasteiger partial charge in [0.1, 0.15) is 23.7 Å². The minimum atomic E-state index is -1.21. The van der Waals surface area contributed by atoms with Crippen molar-refractivity contribution in [1.29, 1.82) is 0 Å². The van der Waals surface area contributed by atoms with Crippen LogP contribution in [0.3, 0.4) is 0 Å². The SMILES string of the molecule is O=C(O)CC(=O)Nc1ccc(Oc2ccc(O)c3c2CNC3=O)cc1. The minimum Gasteiger partial charge on any atom is -0.507 e. The van der Waals surface area contributed by atoms with E-state index in [0.29, 0.717) is 22.7 Å². The molecule has 0 spiro atoms. The Bertz CT molecular complexity index is 860. The molecule has 1 aliphatic heterocycles. The number of aromatic hydroxyl groups is 1. The second kappa shape index (κ2) is 6.52. The number of rotatable bonds is 5. The predicted octanol–water partition coefficient (Wildman–Crippen LogP) is 1.84. The number of hydrogen-bond donors (Lipinski definition) is 4. The summed E-state index contributed by atoms with van der Waals surface area (Å²) < 4.78 is 5.74. The van der Waals surface area contributed by atoms with Crippen molar-refractivity contribution in [2.75, 3.05) is 5.32 Å². The predicted molar refractivity (Wildman–Crippen MR) is 86.7 cm³/mol. The van der Waals surface area contributed by atoms with Gasteiger partial charge in [-0.1, -0.05) is 0 Å². The van der Waals surface area contributed by atoms with Crippen LogP contribution in [0, 0.1) is 0 Å². The van der Waals surface area contributed by atoms with Crippen molar-refractivity contribution in [1.82, 2.24) is 5.32 Å². The van der Waals surface area contributed by atoms with Gasteiger partial charge in [0.05, 0.1) is 5.56 Å². The van der Waals surface area contributed by atoms with Gasteiger partial charge in [-0.15, -0.1) is 0 Å². The number of carboxylic acid groups (broad SMARTS) is 1. The molecular weight excluding hydrogens is 328 g/mol. The molecule has 2 aromatic rings. The molecule has 25 heavy (non-hydrogen) atoms. The second-order valence-electron chi connectivity index (χ2n) is 5.36. The van der Waals surface area contributed by atoms with Crippen LogP contribution in [-0.4, -0.2) is 28.0 Å².